The molecule has 6 heteroatoms. The van der Waals surface area contributed by atoms with Crippen LogP contribution in [0.25, 0.3) is 5.65 Å². The van der Waals surface area contributed by atoms with Crippen molar-refractivity contribution in [3.8, 4) is 0 Å². The van der Waals surface area contributed by atoms with Crippen molar-refractivity contribution >= 4 is 17.2 Å². The Morgan fingerprint density at radius 3 is 2.85 bits per heavy atom. The van der Waals surface area contributed by atoms with Gasteiger partial charge in [0, 0.05) is 24.5 Å². The SMILES string of the molecule is CCc1cc2n(Cc3ccc(Cl)nc3)ccc(=O)n2n1. The molecule has 0 aliphatic rings. The number of nitrogens with zero attached hydrogens (tertiary/aromatic N) is 4. The molecule has 0 aliphatic heterocycles. The van der Waals surface area contributed by atoms with Gasteiger partial charge in [0.15, 0.2) is 0 Å². The van der Waals surface area contributed by atoms with Gasteiger partial charge in [-0.25, -0.2) is 4.98 Å². The Balaban J connectivity index is 2.07. The summed E-state index contributed by atoms with van der Waals surface area (Å²) in [5.74, 6) is 0. The Morgan fingerprint density at radius 1 is 1.30 bits per heavy atom. The van der Waals surface area contributed by atoms with E-state index >= 15 is 0 Å². The minimum Gasteiger partial charge on any atom is -0.328 e. The summed E-state index contributed by atoms with van der Waals surface area (Å²) in [6.07, 6.45) is 4.30. The van der Waals surface area contributed by atoms with Gasteiger partial charge in [-0.05, 0) is 18.1 Å². The number of pyridine rings is 1. The molecule has 0 N–H and O–H groups in total. The molecule has 0 aliphatic carbocycles. The van der Waals surface area contributed by atoms with Gasteiger partial charge in [0.25, 0.3) is 5.56 Å². The summed E-state index contributed by atoms with van der Waals surface area (Å²) in [5.41, 5.74) is 2.57. The molecule has 3 heterocycles. The van der Waals surface area contributed by atoms with Gasteiger partial charge >= 0.3 is 0 Å². The van der Waals surface area contributed by atoms with Crippen LogP contribution in [0.2, 0.25) is 5.15 Å². The van der Waals surface area contributed by atoms with Crippen LogP contribution in [0, 0.1) is 0 Å². The first-order valence-corrected chi connectivity index (χ1v) is 6.73. The van der Waals surface area contributed by atoms with E-state index in [9.17, 15) is 4.79 Å². The normalized spacial score (nSPS) is 11.1. The summed E-state index contributed by atoms with van der Waals surface area (Å²) in [7, 11) is 0. The third-order valence-corrected chi connectivity index (χ3v) is 3.37. The maximum absolute atomic E-state index is 11.8. The van der Waals surface area contributed by atoms with E-state index in [1.54, 1.807) is 18.5 Å². The lowest BCUT2D eigenvalue weighted by Gasteiger charge is -2.08. The predicted molar refractivity (Wildman–Crippen MR) is 77.2 cm³/mol. The van der Waals surface area contributed by atoms with Crippen molar-refractivity contribution in [3.05, 3.63) is 63.4 Å². The molecule has 0 radical (unpaired) electrons. The van der Waals surface area contributed by atoms with Gasteiger partial charge in [-0.1, -0.05) is 24.6 Å². The van der Waals surface area contributed by atoms with Crippen molar-refractivity contribution in [1.29, 1.82) is 0 Å². The van der Waals surface area contributed by atoms with E-state index < -0.39 is 0 Å². The second-order valence-corrected chi connectivity index (χ2v) is 4.92. The molecular formula is C14H13ClN4O. The fraction of sp³-hybridized carbons (Fsp3) is 0.214. The summed E-state index contributed by atoms with van der Waals surface area (Å²) in [6, 6.07) is 7.12. The topological polar surface area (TPSA) is 52.2 Å². The van der Waals surface area contributed by atoms with Crippen molar-refractivity contribution in [1.82, 2.24) is 19.2 Å². The number of aryl methyl sites for hydroxylation is 1. The van der Waals surface area contributed by atoms with Crippen LogP contribution in [0.1, 0.15) is 18.2 Å². The first kappa shape index (κ1) is 12.9. The number of hydrogen-bond donors (Lipinski definition) is 0. The molecule has 3 aromatic rings. The molecule has 0 unspecified atom stereocenters. The predicted octanol–water partition coefficient (Wildman–Crippen LogP) is 2.16. The van der Waals surface area contributed by atoms with Crippen molar-refractivity contribution in [2.45, 2.75) is 19.9 Å². The zero-order valence-corrected chi connectivity index (χ0v) is 11.7. The summed E-state index contributed by atoms with van der Waals surface area (Å²) in [5, 5.41) is 4.76. The van der Waals surface area contributed by atoms with E-state index in [1.807, 2.05) is 23.6 Å². The van der Waals surface area contributed by atoms with Crippen LogP contribution in [-0.4, -0.2) is 19.2 Å². The largest absolute Gasteiger partial charge is 0.328 e. The molecule has 0 fully saturated rings. The van der Waals surface area contributed by atoms with E-state index in [2.05, 4.69) is 10.1 Å². The zero-order valence-electron chi connectivity index (χ0n) is 11.0. The zero-order chi connectivity index (χ0) is 14.1. The number of hydrogen-bond acceptors (Lipinski definition) is 3. The molecule has 0 atom stereocenters. The van der Waals surface area contributed by atoms with E-state index in [-0.39, 0.29) is 5.56 Å². The Labute approximate surface area is 120 Å². The van der Waals surface area contributed by atoms with Crippen LogP contribution in [0.3, 0.4) is 0 Å². The lowest BCUT2D eigenvalue weighted by Crippen LogP contribution is -2.17. The molecule has 3 aromatic heterocycles. The van der Waals surface area contributed by atoms with Gasteiger partial charge in [-0.2, -0.15) is 9.61 Å². The van der Waals surface area contributed by atoms with E-state index in [4.69, 9.17) is 11.6 Å². The van der Waals surface area contributed by atoms with Crippen LogP contribution < -0.4 is 5.56 Å². The Bertz CT molecular complexity index is 804. The fourth-order valence-electron chi connectivity index (χ4n) is 2.09. The van der Waals surface area contributed by atoms with Crippen molar-refractivity contribution in [2.75, 3.05) is 0 Å². The van der Waals surface area contributed by atoms with E-state index in [0.717, 1.165) is 23.3 Å². The van der Waals surface area contributed by atoms with Gasteiger partial charge in [0.05, 0.1) is 12.2 Å². The fourth-order valence-corrected chi connectivity index (χ4v) is 2.20. The first-order chi connectivity index (χ1) is 9.67. The summed E-state index contributed by atoms with van der Waals surface area (Å²) >= 11 is 5.78. The average Bonchev–Trinajstić information content (AvgIpc) is 2.90. The monoisotopic (exact) mass is 288 g/mol. The molecule has 102 valence electrons. The molecule has 0 saturated heterocycles. The molecular weight excluding hydrogens is 276 g/mol. The lowest BCUT2D eigenvalue weighted by molar-refractivity contribution is 0.757. The Morgan fingerprint density at radius 2 is 2.15 bits per heavy atom. The second-order valence-electron chi connectivity index (χ2n) is 4.53. The maximum atomic E-state index is 11.8. The molecule has 0 bridgehead atoms. The number of rotatable bonds is 3. The molecule has 20 heavy (non-hydrogen) atoms. The highest BCUT2D eigenvalue weighted by molar-refractivity contribution is 6.29. The number of fused-ring (bicyclic) bond motifs is 1. The average molecular weight is 289 g/mol. The summed E-state index contributed by atoms with van der Waals surface area (Å²) in [6.45, 7) is 2.63. The standard InChI is InChI=1S/C14H13ClN4O/c1-2-11-7-13-18(6-5-14(20)19(13)17-11)9-10-3-4-12(15)16-8-10/h3-8H,2,9H2,1H3. The van der Waals surface area contributed by atoms with E-state index in [0.29, 0.717) is 11.7 Å². The number of aromatic nitrogens is 4. The van der Waals surface area contributed by atoms with Gasteiger partial charge in [-0.15, -0.1) is 0 Å². The smallest absolute Gasteiger partial charge is 0.274 e. The highest BCUT2D eigenvalue weighted by Gasteiger charge is 2.07. The van der Waals surface area contributed by atoms with Gasteiger partial charge in [0.2, 0.25) is 0 Å². The second kappa shape index (κ2) is 5.09. The molecule has 0 spiro atoms. The van der Waals surface area contributed by atoms with Crippen LogP contribution >= 0.6 is 11.6 Å². The third-order valence-electron chi connectivity index (χ3n) is 3.15. The molecule has 0 amide bonds. The van der Waals surface area contributed by atoms with Crippen molar-refractivity contribution in [2.24, 2.45) is 0 Å². The number of halogens is 1. The minimum absolute atomic E-state index is 0.120. The third kappa shape index (κ3) is 2.32. The lowest BCUT2D eigenvalue weighted by atomic mass is 10.3. The summed E-state index contributed by atoms with van der Waals surface area (Å²) in [4.78, 5) is 15.9. The Hall–Kier alpha value is -2.14. The summed E-state index contributed by atoms with van der Waals surface area (Å²) < 4.78 is 3.40. The van der Waals surface area contributed by atoms with Crippen LogP contribution in [0.15, 0.2) is 41.5 Å². The molecule has 5 nitrogen and oxygen atoms in total. The van der Waals surface area contributed by atoms with Gasteiger partial charge in [-0.3, -0.25) is 4.79 Å². The van der Waals surface area contributed by atoms with Crippen LogP contribution in [-0.2, 0) is 13.0 Å². The highest BCUT2D eigenvalue weighted by atomic mass is 35.5. The van der Waals surface area contributed by atoms with Gasteiger partial charge < -0.3 is 4.57 Å². The van der Waals surface area contributed by atoms with E-state index in [1.165, 1.54) is 10.6 Å². The van der Waals surface area contributed by atoms with Gasteiger partial charge in [0.1, 0.15) is 10.8 Å². The van der Waals surface area contributed by atoms with Crippen LogP contribution in [0.4, 0.5) is 0 Å². The minimum atomic E-state index is -0.120. The molecule has 3 rings (SSSR count). The Kier molecular flexibility index (Phi) is 3.28. The quantitative estimate of drug-likeness (QED) is 0.694. The molecule has 0 aromatic carbocycles. The maximum Gasteiger partial charge on any atom is 0.274 e. The molecule has 0 saturated carbocycles. The van der Waals surface area contributed by atoms with Crippen molar-refractivity contribution < 1.29 is 0 Å². The van der Waals surface area contributed by atoms with Crippen molar-refractivity contribution in [3.63, 3.8) is 0 Å². The highest BCUT2D eigenvalue weighted by Crippen LogP contribution is 2.10. The van der Waals surface area contributed by atoms with Crippen LogP contribution in [0.5, 0.6) is 0 Å². The first-order valence-electron chi connectivity index (χ1n) is 6.36.